The predicted molar refractivity (Wildman–Crippen MR) is 69.2 cm³/mol. The van der Waals surface area contributed by atoms with Gasteiger partial charge in [0, 0.05) is 28.1 Å². The second-order valence-electron chi connectivity index (χ2n) is 4.30. The number of halogens is 2. The number of benzene rings is 1. The molecule has 3 N–H and O–H groups in total. The Labute approximate surface area is 106 Å². The number of hydrogen-bond donors (Lipinski definition) is 2. The van der Waals surface area contributed by atoms with E-state index in [0.29, 0.717) is 16.5 Å². The van der Waals surface area contributed by atoms with Crippen molar-refractivity contribution in [1.82, 2.24) is 0 Å². The summed E-state index contributed by atoms with van der Waals surface area (Å²) in [6.07, 6.45) is 0.560. The number of rotatable bonds is 4. The summed E-state index contributed by atoms with van der Waals surface area (Å²) in [5.41, 5.74) is 6.52. The molecule has 0 saturated carbocycles. The lowest BCUT2D eigenvalue weighted by Gasteiger charge is -2.34. The fourth-order valence-corrected chi connectivity index (χ4v) is 2.28. The van der Waals surface area contributed by atoms with Crippen molar-refractivity contribution in [2.24, 2.45) is 5.73 Å². The maximum Gasteiger partial charge on any atom is 0.0445 e. The van der Waals surface area contributed by atoms with Crippen molar-refractivity contribution in [3.63, 3.8) is 0 Å². The molecule has 0 heterocycles. The Balaban J connectivity index is 3.25. The van der Waals surface area contributed by atoms with Crippen LogP contribution in [0, 0.1) is 0 Å². The van der Waals surface area contributed by atoms with E-state index in [1.807, 2.05) is 19.9 Å². The average Bonchev–Trinajstić information content (AvgIpc) is 2.21. The van der Waals surface area contributed by atoms with Gasteiger partial charge in [-0.2, -0.15) is 0 Å². The van der Waals surface area contributed by atoms with E-state index in [-0.39, 0.29) is 18.1 Å². The normalized spacial score (nSPS) is 16.9. The maximum atomic E-state index is 9.14. The topological polar surface area (TPSA) is 46.2 Å². The zero-order chi connectivity index (χ0) is 12.3. The first-order chi connectivity index (χ1) is 7.41. The van der Waals surface area contributed by atoms with Gasteiger partial charge in [0.05, 0.1) is 0 Å². The van der Waals surface area contributed by atoms with Crippen LogP contribution in [0.5, 0.6) is 0 Å². The molecule has 0 saturated heterocycles. The number of hydrogen-bond acceptors (Lipinski definition) is 2. The van der Waals surface area contributed by atoms with Gasteiger partial charge in [-0.25, -0.2) is 0 Å². The third-order valence-corrected chi connectivity index (χ3v) is 3.74. The summed E-state index contributed by atoms with van der Waals surface area (Å²) in [5.74, 6) is 0. The molecule has 1 aromatic carbocycles. The van der Waals surface area contributed by atoms with Gasteiger partial charge in [0.2, 0.25) is 0 Å². The number of nitrogens with two attached hydrogens (primary N) is 1. The van der Waals surface area contributed by atoms with E-state index < -0.39 is 0 Å². The molecular weight excluding hydrogens is 245 g/mol. The van der Waals surface area contributed by atoms with Crippen molar-refractivity contribution in [3.8, 4) is 0 Å². The summed E-state index contributed by atoms with van der Waals surface area (Å²) in [6.45, 7) is 3.97. The van der Waals surface area contributed by atoms with Crippen LogP contribution in [-0.4, -0.2) is 17.8 Å². The molecule has 4 heteroatoms. The molecule has 0 spiro atoms. The van der Waals surface area contributed by atoms with E-state index >= 15 is 0 Å². The van der Waals surface area contributed by atoms with Gasteiger partial charge in [0.25, 0.3) is 0 Å². The quantitative estimate of drug-likeness (QED) is 0.876. The molecule has 0 amide bonds. The third kappa shape index (κ3) is 2.69. The highest BCUT2D eigenvalue weighted by Gasteiger charge is 2.32. The molecule has 2 atom stereocenters. The van der Waals surface area contributed by atoms with Crippen molar-refractivity contribution in [1.29, 1.82) is 0 Å². The first-order valence-corrected chi connectivity index (χ1v) is 5.99. The molecule has 1 aromatic rings. The summed E-state index contributed by atoms with van der Waals surface area (Å²) >= 11 is 12.1. The van der Waals surface area contributed by atoms with Crippen LogP contribution < -0.4 is 5.73 Å². The molecule has 0 aromatic heterocycles. The lowest BCUT2D eigenvalue weighted by Crippen LogP contribution is -2.42. The monoisotopic (exact) mass is 261 g/mol. The van der Waals surface area contributed by atoms with Crippen LogP contribution in [0.15, 0.2) is 18.2 Å². The van der Waals surface area contributed by atoms with Gasteiger partial charge in [-0.15, -0.1) is 0 Å². The van der Waals surface area contributed by atoms with E-state index in [9.17, 15) is 0 Å². The number of aliphatic hydroxyl groups is 1. The molecule has 0 fully saturated rings. The van der Waals surface area contributed by atoms with Crippen LogP contribution in [0.25, 0.3) is 0 Å². The Kier molecular flexibility index (Phi) is 4.62. The average molecular weight is 262 g/mol. The SMILES string of the molecule is CC(N)C(C)(CCO)c1cc(Cl)ccc1Cl. The first-order valence-electron chi connectivity index (χ1n) is 5.24. The fraction of sp³-hybridized carbons (Fsp3) is 0.500. The molecular formula is C12H17Cl2NO. The van der Waals surface area contributed by atoms with E-state index in [1.165, 1.54) is 0 Å². The van der Waals surface area contributed by atoms with Crippen LogP contribution >= 0.6 is 23.2 Å². The summed E-state index contributed by atoms with van der Waals surface area (Å²) in [4.78, 5) is 0. The standard InChI is InChI=1S/C12H17Cl2NO/c1-8(15)12(2,5-6-16)10-7-9(13)3-4-11(10)14/h3-4,7-8,16H,5-6,15H2,1-2H3. The van der Waals surface area contributed by atoms with Gasteiger partial charge in [0.15, 0.2) is 0 Å². The highest BCUT2D eigenvalue weighted by molar-refractivity contribution is 6.33. The van der Waals surface area contributed by atoms with Crippen molar-refractivity contribution in [3.05, 3.63) is 33.8 Å². The van der Waals surface area contributed by atoms with Gasteiger partial charge in [-0.05, 0) is 37.1 Å². The second kappa shape index (κ2) is 5.37. The zero-order valence-corrected chi connectivity index (χ0v) is 11.0. The molecule has 2 nitrogen and oxygen atoms in total. The predicted octanol–water partition coefficient (Wildman–Crippen LogP) is 2.98. The van der Waals surface area contributed by atoms with Gasteiger partial charge in [0.1, 0.15) is 0 Å². The molecule has 0 aliphatic rings. The van der Waals surface area contributed by atoms with Crippen molar-refractivity contribution in [2.75, 3.05) is 6.61 Å². The van der Waals surface area contributed by atoms with Crippen molar-refractivity contribution in [2.45, 2.75) is 31.7 Å². The Hall–Kier alpha value is -0.280. The van der Waals surface area contributed by atoms with Crippen LogP contribution in [0.4, 0.5) is 0 Å². The minimum Gasteiger partial charge on any atom is -0.396 e. The summed E-state index contributed by atoms with van der Waals surface area (Å²) < 4.78 is 0. The van der Waals surface area contributed by atoms with Crippen molar-refractivity contribution < 1.29 is 5.11 Å². The molecule has 90 valence electrons. The molecule has 0 aliphatic carbocycles. The second-order valence-corrected chi connectivity index (χ2v) is 5.15. The van der Waals surface area contributed by atoms with Crippen LogP contribution in [0.3, 0.4) is 0 Å². The summed E-state index contributed by atoms with van der Waals surface area (Å²) in [7, 11) is 0. The van der Waals surface area contributed by atoms with E-state index in [2.05, 4.69) is 0 Å². The Morgan fingerprint density at radius 1 is 1.44 bits per heavy atom. The lowest BCUT2D eigenvalue weighted by molar-refractivity contribution is 0.229. The molecule has 16 heavy (non-hydrogen) atoms. The smallest absolute Gasteiger partial charge is 0.0445 e. The highest BCUT2D eigenvalue weighted by atomic mass is 35.5. The Morgan fingerprint density at radius 3 is 2.56 bits per heavy atom. The van der Waals surface area contributed by atoms with Gasteiger partial charge in [-0.1, -0.05) is 30.1 Å². The molecule has 2 unspecified atom stereocenters. The largest absolute Gasteiger partial charge is 0.396 e. The van der Waals surface area contributed by atoms with Crippen molar-refractivity contribution >= 4 is 23.2 Å². The summed E-state index contributed by atoms with van der Waals surface area (Å²) in [5, 5.41) is 10.4. The highest BCUT2D eigenvalue weighted by Crippen LogP contribution is 2.36. The Bertz CT molecular complexity index is 368. The van der Waals surface area contributed by atoms with Gasteiger partial charge in [-0.3, -0.25) is 0 Å². The maximum absolute atomic E-state index is 9.14. The van der Waals surface area contributed by atoms with E-state index in [4.69, 9.17) is 34.0 Å². The van der Waals surface area contributed by atoms with Crippen LogP contribution in [-0.2, 0) is 5.41 Å². The molecule has 0 radical (unpaired) electrons. The zero-order valence-electron chi connectivity index (χ0n) is 9.50. The van der Waals surface area contributed by atoms with Crippen LogP contribution in [0.1, 0.15) is 25.8 Å². The van der Waals surface area contributed by atoms with E-state index in [0.717, 1.165) is 5.56 Å². The molecule has 0 aliphatic heterocycles. The minimum absolute atomic E-state index is 0.0703. The molecule has 0 bridgehead atoms. The van der Waals surface area contributed by atoms with Gasteiger partial charge >= 0.3 is 0 Å². The lowest BCUT2D eigenvalue weighted by atomic mass is 9.74. The fourth-order valence-electron chi connectivity index (χ4n) is 1.78. The Morgan fingerprint density at radius 2 is 2.06 bits per heavy atom. The molecule has 1 rings (SSSR count). The first kappa shape index (κ1) is 13.8. The summed E-state index contributed by atoms with van der Waals surface area (Å²) in [6, 6.07) is 5.21. The number of aliphatic hydroxyl groups excluding tert-OH is 1. The third-order valence-electron chi connectivity index (χ3n) is 3.18. The minimum atomic E-state index is -0.364. The van der Waals surface area contributed by atoms with E-state index in [1.54, 1.807) is 12.1 Å². The van der Waals surface area contributed by atoms with Gasteiger partial charge < -0.3 is 10.8 Å². The van der Waals surface area contributed by atoms with Crippen LogP contribution in [0.2, 0.25) is 10.0 Å².